The van der Waals surface area contributed by atoms with Crippen LogP contribution in [-0.4, -0.2) is 34.0 Å². The molecule has 0 saturated heterocycles. The molecular weight excluding hydrogens is 354 g/mol. The number of methoxy groups -OCH3 is 2. The molecule has 0 aliphatic carbocycles. The van der Waals surface area contributed by atoms with E-state index in [1.54, 1.807) is 26.6 Å². The Labute approximate surface area is 163 Å². The van der Waals surface area contributed by atoms with Gasteiger partial charge >= 0.3 is 0 Å². The first-order chi connectivity index (χ1) is 13.7. The topological polar surface area (TPSA) is 74.1 Å². The molecule has 7 nitrogen and oxygen atoms in total. The molecule has 0 unspecified atom stereocenters. The molecule has 0 atom stereocenters. The molecule has 4 aromatic rings. The number of nitrogens with zero attached hydrogens (tertiary/aromatic N) is 4. The highest BCUT2D eigenvalue weighted by Crippen LogP contribution is 2.27. The Morgan fingerprint density at radius 3 is 2.64 bits per heavy atom. The summed E-state index contributed by atoms with van der Waals surface area (Å²) in [4.78, 5) is 9.05. The molecule has 0 amide bonds. The van der Waals surface area contributed by atoms with Gasteiger partial charge < -0.3 is 14.8 Å². The van der Waals surface area contributed by atoms with Gasteiger partial charge in [0, 0.05) is 12.7 Å². The average Bonchev–Trinajstić information content (AvgIpc) is 3.15. The first kappa shape index (κ1) is 17.8. The first-order valence-corrected chi connectivity index (χ1v) is 8.90. The molecule has 2 aromatic heterocycles. The smallest absolute Gasteiger partial charge is 0.224 e. The van der Waals surface area contributed by atoms with Crippen molar-refractivity contribution < 1.29 is 9.47 Å². The van der Waals surface area contributed by atoms with E-state index in [-0.39, 0.29) is 0 Å². The average molecular weight is 375 g/mol. The van der Waals surface area contributed by atoms with Crippen LogP contribution in [0.5, 0.6) is 11.5 Å². The van der Waals surface area contributed by atoms with Crippen molar-refractivity contribution in [1.29, 1.82) is 0 Å². The van der Waals surface area contributed by atoms with Crippen molar-refractivity contribution in [3.63, 3.8) is 0 Å². The van der Waals surface area contributed by atoms with Crippen molar-refractivity contribution in [3.05, 3.63) is 66.0 Å². The molecule has 0 radical (unpaired) electrons. The summed E-state index contributed by atoms with van der Waals surface area (Å²) in [6, 6.07) is 13.9. The van der Waals surface area contributed by atoms with Crippen molar-refractivity contribution in [2.24, 2.45) is 0 Å². The van der Waals surface area contributed by atoms with Crippen LogP contribution in [0.15, 0.2) is 54.9 Å². The molecule has 0 saturated carbocycles. The van der Waals surface area contributed by atoms with Gasteiger partial charge in [0.05, 0.1) is 31.5 Å². The zero-order valence-electron chi connectivity index (χ0n) is 16.0. The van der Waals surface area contributed by atoms with E-state index in [2.05, 4.69) is 39.4 Å². The molecule has 2 aromatic carbocycles. The predicted molar refractivity (Wildman–Crippen MR) is 108 cm³/mol. The lowest BCUT2D eigenvalue weighted by molar-refractivity contribution is 0.354. The Balaban J connectivity index is 1.59. The van der Waals surface area contributed by atoms with Crippen LogP contribution < -0.4 is 14.8 Å². The van der Waals surface area contributed by atoms with Gasteiger partial charge in [0.25, 0.3) is 0 Å². The highest BCUT2D eigenvalue weighted by atomic mass is 16.5. The maximum atomic E-state index is 5.35. The van der Waals surface area contributed by atoms with Gasteiger partial charge in [-0.25, -0.2) is 9.67 Å². The lowest BCUT2D eigenvalue weighted by Crippen LogP contribution is -2.05. The molecule has 0 fully saturated rings. The summed E-state index contributed by atoms with van der Waals surface area (Å²) in [6.07, 6.45) is 3.55. The molecular formula is C21H21N5O2. The van der Waals surface area contributed by atoms with Gasteiger partial charge in [0.15, 0.2) is 17.1 Å². The minimum absolute atomic E-state index is 0.539. The highest BCUT2D eigenvalue weighted by Gasteiger charge is 2.09. The van der Waals surface area contributed by atoms with Crippen molar-refractivity contribution in [3.8, 4) is 17.2 Å². The number of anilines is 1. The molecule has 0 bridgehead atoms. The van der Waals surface area contributed by atoms with E-state index in [0.29, 0.717) is 24.0 Å². The van der Waals surface area contributed by atoms with E-state index in [1.165, 1.54) is 5.56 Å². The Morgan fingerprint density at radius 2 is 1.86 bits per heavy atom. The van der Waals surface area contributed by atoms with Crippen LogP contribution in [0.3, 0.4) is 0 Å². The third-order valence-electron chi connectivity index (χ3n) is 4.45. The molecule has 142 valence electrons. The van der Waals surface area contributed by atoms with Crippen molar-refractivity contribution in [2.45, 2.75) is 13.5 Å². The number of rotatable bonds is 6. The fourth-order valence-corrected chi connectivity index (χ4v) is 3.02. The minimum Gasteiger partial charge on any atom is -0.493 e. The number of hydrogen-bond donors (Lipinski definition) is 1. The first-order valence-electron chi connectivity index (χ1n) is 8.90. The molecule has 28 heavy (non-hydrogen) atoms. The number of ether oxygens (including phenoxy) is 2. The molecule has 1 N–H and O–H groups in total. The molecule has 4 rings (SSSR count). The summed E-state index contributed by atoms with van der Waals surface area (Å²) in [6.45, 7) is 2.62. The minimum atomic E-state index is 0.539. The van der Waals surface area contributed by atoms with Crippen LogP contribution in [-0.2, 0) is 6.54 Å². The highest BCUT2D eigenvalue weighted by molar-refractivity contribution is 5.76. The van der Waals surface area contributed by atoms with Crippen LogP contribution in [0.1, 0.15) is 11.1 Å². The molecule has 0 aliphatic heterocycles. The predicted octanol–water partition coefficient (Wildman–Crippen LogP) is 3.75. The van der Waals surface area contributed by atoms with Crippen LogP contribution in [0.4, 0.5) is 5.95 Å². The van der Waals surface area contributed by atoms with Gasteiger partial charge in [-0.3, -0.25) is 0 Å². The largest absolute Gasteiger partial charge is 0.493 e. The summed E-state index contributed by atoms with van der Waals surface area (Å²) in [5.41, 5.74) is 3.94. The Bertz CT molecular complexity index is 1120. The third kappa shape index (κ3) is 3.46. The van der Waals surface area contributed by atoms with Crippen LogP contribution >= 0.6 is 0 Å². The number of benzene rings is 2. The number of aromatic nitrogens is 4. The monoisotopic (exact) mass is 375 g/mol. The molecule has 0 aliphatic rings. The summed E-state index contributed by atoms with van der Waals surface area (Å²) >= 11 is 0. The summed E-state index contributed by atoms with van der Waals surface area (Å²) in [5, 5.41) is 8.61. The Hall–Kier alpha value is -3.61. The lowest BCUT2D eigenvalue weighted by Gasteiger charge is -2.10. The number of aryl methyl sites for hydroxylation is 1. The van der Waals surface area contributed by atoms with E-state index in [0.717, 1.165) is 22.3 Å². The van der Waals surface area contributed by atoms with E-state index in [1.807, 2.05) is 35.0 Å². The second kappa shape index (κ2) is 7.56. The number of nitrogens with one attached hydrogen (secondary N) is 1. The van der Waals surface area contributed by atoms with Gasteiger partial charge in [0.2, 0.25) is 5.95 Å². The van der Waals surface area contributed by atoms with Crippen molar-refractivity contribution >= 4 is 17.0 Å². The zero-order valence-corrected chi connectivity index (χ0v) is 16.0. The molecule has 2 heterocycles. The van der Waals surface area contributed by atoms with Gasteiger partial charge in [-0.05, 0) is 42.3 Å². The van der Waals surface area contributed by atoms with Crippen molar-refractivity contribution in [2.75, 3.05) is 19.5 Å². The fraction of sp³-hybridized carbons (Fsp3) is 0.190. The quantitative estimate of drug-likeness (QED) is 0.553. The number of hydrogen-bond acceptors (Lipinski definition) is 6. The molecule has 0 spiro atoms. The Morgan fingerprint density at radius 1 is 1.00 bits per heavy atom. The van der Waals surface area contributed by atoms with Crippen LogP contribution in [0.2, 0.25) is 0 Å². The van der Waals surface area contributed by atoms with Crippen LogP contribution in [0, 0.1) is 6.92 Å². The van der Waals surface area contributed by atoms with Gasteiger partial charge in [-0.1, -0.05) is 18.2 Å². The van der Waals surface area contributed by atoms with E-state index in [9.17, 15) is 0 Å². The van der Waals surface area contributed by atoms with Gasteiger partial charge in [-0.15, -0.1) is 0 Å². The van der Waals surface area contributed by atoms with Crippen LogP contribution in [0.25, 0.3) is 16.7 Å². The summed E-state index contributed by atoms with van der Waals surface area (Å²) < 4.78 is 12.5. The normalized spacial score (nSPS) is 10.8. The maximum absolute atomic E-state index is 5.35. The zero-order chi connectivity index (χ0) is 19.5. The van der Waals surface area contributed by atoms with Gasteiger partial charge in [-0.2, -0.15) is 10.1 Å². The van der Waals surface area contributed by atoms with Crippen molar-refractivity contribution in [1.82, 2.24) is 19.7 Å². The SMILES string of the molecule is COc1ccc(CNc2ncc3cnn(-c4cccc(C)c4)c3n2)cc1OC. The second-order valence-electron chi connectivity index (χ2n) is 6.41. The Kier molecular flexibility index (Phi) is 4.80. The maximum Gasteiger partial charge on any atom is 0.224 e. The molecule has 7 heteroatoms. The standard InChI is InChI=1S/C21H21N5O2/c1-14-5-4-6-17(9-14)26-20-16(13-24-26)12-23-21(25-20)22-11-15-7-8-18(27-2)19(10-15)28-3/h4-10,12-13H,11H2,1-3H3,(H,22,23,25). The van der Waals surface area contributed by atoms with E-state index >= 15 is 0 Å². The fourth-order valence-electron chi connectivity index (χ4n) is 3.02. The third-order valence-corrected chi connectivity index (χ3v) is 4.45. The van der Waals surface area contributed by atoms with E-state index in [4.69, 9.17) is 9.47 Å². The lowest BCUT2D eigenvalue weighted by atomic mass is 10.2. The summed E-state index contributed by atoms with van der Waals surface area (Å²) in [5.74, 6) is 1.93. The second-order valence-corrected chi connectivity index (χ2v) is 6.41. The van der Waals surface area contributed by atoms with E-state index < -0.39 is 0 Å². The summed E-state index contributed by atoms with van der Waals surface area (Å²) in [7, 11) is 3.24. The van der Waals surface area contributed by atoms with Gasteiger partial charge in [0.1, 0.15) is 0 Å². The number of fused-ring (bicyclic) bond motifs is 1.